The Morgan fingerprint density at radius 1 is 0.800 bits per heavy atom. The number of ether oxygens (including phenoxy) is 1. The lowest BCUT2D eigenvalue weighted by Crippen LogP contribution is -2.52. The van der Waals surface area contributed by atoms with Gasteiger partial charge in [0.15, 0.2) is 0 Å². The van der Waals surface area contributed by atoms with Gasteiger partial charge in [-0.25, -0.2) is 0 Å². The zero-order valence-electron chi connectivity index (χ0n) is 11.5. The molecule has 0 aliphatic rings. The van der Waals surface area contributed by atoms with E-state index in [1.165, 1.54) is 26.1 Å². The molecule has 0 aliphatic heterocycles. The fourth-order valence-corrected chi connectivity index (χ4v) is 1.71. The summed E-state index contributed by atoms with van der Waals surface area (Å²) in [5.41, 5.74) is 0. The Morgan fingerprint density at radius 3 is 1.67 bits per heavy atom. The third-order valence-electron chi connectivity index (χ3n) is 3.04. The molecule has 0 N–H and O–H groups in total. The Hall–Kier alpha value is -0.120. The van der Waals surface area contributed by atoms with Gasteiger partial charge in [-0.3, -0.25) is 0 Å². The van der Waals surface area contributed by atoms with Crippen molar-refractivity contribution in [3.8, 4) is 0 Å². The van der Waals surface area contributed by atoms with E-state index in [1.807, 2.05) is 0 Å². The van der Waals surface area contributed by atoms with Crippen molar-refractivity contribution in [1.29, 1.82) is 0 Å². The molecule has 0 saturated heterocycles. The van der Waals surface area contributed by atoms with Crippen LogP contribution in [0, 0.1) is 0 Å². The summed E-state index contributed by atoms with van der Waals surface area (Å²) in [6, 6.07) is 0. The number of hydrogen-bond acceptors (Lipinski definition) is 1. The number of quaternary nitrogens is 2. The highest BCUT2D eigenvalue weighted by Gasteiger charge is 2.21. The molecule has 0 saturated carbocycles. The van der Waals surface area contributed by atoms with Gasteiger partial charge in [0.25, 0.3) is 0 Å². The average molecular weight is 218 g/mol. The molecule has 0 rings (SSSR count). The minimum absolute atomic E-state index is 0.855. The van der Waals surface area contributed by atoms with E-state index in [4.69, 9.17) is 4.74 Å². The zero-order chi connectivity index (χ0) is 11.9. The van der Waals surface area contributed by atoms with E-state index in [9.17, 15) is 0 Å². The van der Waals surface area contributed by atoms with Gasteiger partial charge >= 0.3 is 0 Å². The minimum Gasteiger partial charge on any atom is -0.379 e. The van der Waals surface area contributed by atoms with E-state index in [-0.39, 0.29) is 0 Å². The van der Waals surface area contributed by atoms with Gasteiger partial charge in [-0.2, -0.15) is 0 Å². The van der Waals surface area contributed by atoms with Crippen LogP contribution in [-0.2, 0) is 4.74 Å². The molecule has 92 valence electrons. The lowest BCUT2D eigenvalue weighted by atomic mass is 10.3. The van der Waals surface area contributed by atoms with Gasteiger partial charge in [-0.1, -0.05) is 6.92 Å². The molecule has 0 spiro atoms. The van der Waals surface area contributed by atoms with Gasteiger partial charge in [0.2, 0.25) is 0 Å². The Balaban J connectivity index is 3.90. The van der Waals surface area contributed by atoms with Crippen LogP contribution in [0.3, 0.4) is 0 Å². The summed E-state index contributed by atoms with van der Waals surface area (Å²) < 4.78 is 7.32. The highest BCUT2D eigenvalue weighted by atomic mass is 16.5. The first-order valence-corrected chi connectivity index (χ1v) is 5.96. The molecule has 0 aromatic carbocycles. The van der Waals surface area contributed by atoms with Crippen LogP contribution < -0.4 is 0 Å². The molecule has 3 heteroatoms. The van der Waals surface area contributed by atoms with Crippen LogP contribution in [0.25, 0.3) is 0 Å². The van der Waals surface area contributed by atoms with Gasteiger partial charge in [0.1, 0.15) is 19.6 Å². The molecule has 0 radical (unpaired) electrons. The molecule has 0 unspecified atom stereocenters. The molecule has 0 atom stereocenters. The van der Waals surface area contributed by atoms with Crippen LogP contribution in [-0.4, -0.2) is 77.1 Å². The second-order valence-electron chi connectivity index (χ2n) is 5.76. The zero-order valence-corrected chi connectivity index (χ0v) is 11.5. The molecule has 0 amide bonds. The molecule has 0 aliphatic carbocycles. The van der Waals surface area contributed by atoms with Crippen molar-refractivity contribution in [1.82, 2.24) is 0 Å². The molecule has 0 heterocycles. The first-order chi connectivity index (χ1) is 6.83. The maximum Gasteiger partial charge on any atom is 0.128 e. The van der Waals surface area contributed by atoms with Crippen LogP contribution in [0.5, 0.6) is 0 Å². The summed E-state index contributed by atoms with van der Waals surface area (Å²) in [7, 11) is 11.0. The summed E-state index contributed by atoms with van der Waals surface area (Å²) in [5, 5.41) is 0. The molecule has 0 bridgehead atoms. The van der Waals surface area contributed by atoms with Crippen LogP contribution in [0.15, 0.2) is 0 Å². The maximum absolute atomic E-state index is 5.14. The van der Waals surface area contributed by atoms with Crippen molar-refractivity contribution in [2.75, 3.05) is 68.1 Å². The summed E-state index contributed by atoms with van der Waals surface area (Å²) >= 11 is 0. The molecule has 0 fully saturated rings. The quantitative estimate of drug-likeness (QED) is 0.556. The third kappa shape index (κ3) is 7.77. The summed E-state index contributed by atoms with van der Waals surface area (Å²) in [5.74, 6) is 0. The van der Waals surface area contributed by atoms with Crippen LogP contribution in [0.4, 0.5) is 0 Å². The van der Waals surface area contributed by atoms with Gasteiger partial charge in [-0.15, -0.1) is 0 Å². The fraction of sp³-hybridized carbons (Fsp3) is 1.00. The number of rotatable bonds is 8. The summed E-state index contributed by atoms with van der Waals surface area (Å²) in [6.45, 7) is 7.94. The van der Waals surface area contributed by atoms with Crippen LogP contribution in [0.1, 0.15) is 13.3 Å². The fourth-order valence-electron chi connectivity index (χ4n) is 1.71. The normalized spacial score (nSPS) is 13.2. The van der Waals surface area contributed by atoms with Crippen molar-refractivity contribution in [2.45, 2.75) is 13.3 Å². The smallest absolute Gasteiger partial charge is 0.128 e. The Morgan fingerprint density at radius 2 is 1.27 bits per heavy atom. The second kappa shape index (κ2) is 6.46. The molecular formula is C12H30N2O+2. The third-order valence-corrected chi connectivity index (χ3v) is 3.04. The molecular weight excluding hydrogens is 188 g/mol. The first-order valence-electron chi connectivity index (χ1n) is 5.96. The minimum atomic E-state index is 0.855. The van der Waals surface area contributed by atoms with Crippen molar-refractivity contribution < 1.29 is 13.7 Å². The van der Waals surface area contributed by atoms with E-state index in [0.29, 0.717) is 0 Å². The van der Waals surface area contributed by atoms with Crippen molar-refractivity contribution >= 4 is 0 Å². The Bertz CT molecular complexity index is 167. The lowest BCUT2D eigenvalue weighted by Gasteiger charge is -2.35. The number of likely N-dealkylation sites (N-methyl/N-ethyl adjacent to an activating group) is 2. The van der Waals surface area contributed by atoms with E-state index in [2.05, 4.69) is 35.1 Å². The summed E-state index contributed by atoms with van der Waals surface area (Å²) in [4.78, 5) is 0. The predicted octanol–water partition coefficient (Wildman–Crippen LogP) is 1.20. The number of hydrogen-bond donors (Lipinski definition) is 0. The monoisotopic (exact) mass is 218 g/mol. The van der Waals surface area contributed by atoms with Gasteiger partial charge in [0.05, 0.1) is 41.3 Å². The average Bonchev–Trinajstić information content (AvgIpc) is 2.12. The van der Waals surface area contributed by atoms with Gasteiger partial charge in [-0.05, 0) is 6.42 Å². The molecule has 3 nitrogen and oxygen atoms in total. The predicted molar refractivity (Wildman–Crippen MR) is 65.9 cm³/mol. The van der Waals surface area contributed by atoms with Crippen molar-refractivity contribution in [3.63, 3.8) is 0 Å². The lowest BCUT2D eigenvalue weighted by molar-refractivity contribution is -0.946. The van der Waals surface area contributed by atoms with Gasteiger partial charge < -0.3 is 13.7 Å². The van der Waals surface area contributed by atoms with Crippen LogP contribution >= 0.6 is 0 Å². The molecule has 0 aromatic rings. The highest BCUT2D eigenvalue weighted by molar-refractivity contribution is 4.37. The van der Waals surface area contributed by atoms with Crippen molar-refractivity contribution in [2.24, 2.45) is 0 Å². The van der Waals surface area contributed by atoms with Crippen molar-refractivity contribution in [3.05, 3.63) is 0 Å². The Labute approximate surface area is 95.8 Å². The standard InChI is InChI=1S/C12H30N2O/c1-7-8-13(2,3)9-10-14(4,5)11-12-15-6/h7-12H2,1-6H3/q+2. The van der Waals surface area contributed by atoms with Crippen LogP contribution in [0.2, 0.25) is 0 Å². The molecule has 0 aromatic heterocycles. The topological polar surface area (TPSA) is 9.23 Å². The second-order valence-corrected chi connectivity index (χ2v) is 5.76. The number of nitrogens with zero attached hydrogens (tertiary/aromatic N) is 2. The van der Waals surface area contributed by atoms with Gasteiger partial charge in [0, 0.05) is 7.11 Å². The van der Waals surface area contributed by atoms with E-state index < -0.39 is 0 Å². The molecule has 15 heavy (non-hydrogen) atoms. The van der Waals surface area contributed by atoms with E-state index in [0.717, 1.165) is 22.1 Å². The first kappa shape index (κ1) is 14.9. The maximum atomic E-state index is 5.14. The number of methoxy groups -OCH3 is 1. The summed E-state index contributed by atoms with van der Waals surface area (Å²) in [6.07, 6.45) is 1.26. The highest BCUT2D eigenvalue weighted by Crippen LogP contribution is 2.03. The van der Waals surface area contributed by atoms with E-state index >= 15 is 0 Å². The largest absolute Gasteiger partial charge is 0.379 e. The SMILES string of the molecule is CCC[N+](C)(C)CC[N+](C)(C)CCOC. The van der Waals surface area contributed by atoms with E-state index in [1.54, 1.807) is 7.11 Å². The Kier molecular flexibility index (Phi) is 6.41.